The maximum Gasteiger partial charge on any atom is 0.253 e. The molecule has 0 bridgehead atoms. The zero-order valence-electron chi connectivity index (χ0n) is 16.6. The highest BCUT2D eigenvalue weighted by atomic mass is 32.2. The van der Waals surface area contributed by atoms with Crippen LogP contribution in [0, 0.1) is 6.92 Å². The lowest BCUT2D eigenvalue weighted by Gasteiger charge is -2.17. The summed E-state index contributed by atoms with van der Waals surface area (Å²) in [6.45, 7) is 1.43. The summed E-state index contributed by atoms with van der Waals surface area (Å²) >= 11 is 0. The van der Waals surface area contributed by atoms with Gasteiger partial charge in [0.05, 0.1) is 18.6 Å². The number of ether oxygens (including phenoxy) is 1. The van der Waals surface area contributed by atoms with E-state index < -0.39 is 22.5 Å². The minimum atomic E-state index is -3.79. The van der Waals surface area contributed by atoms with Crippen molar-refractivity contribution in [3.63, 3.8) is 0 Å². The second kappa shape index (κ2) is 10.0. The van der Waals surface area contributed by atoms with Gasteiger partial charge in [-0.2, -0.15) is 4.31 Å². The minimum Gasteiger partial charge on any atom is -0.497 e. The molecular formula is C20H25N3O5S. The fourth-order valence-corrected chi connectivity index (χ4v) is 3.63. The van der Waals surface area contributed by atoms with Crippen LogP contribution in [-0.2, 0) is 26.0 Å². The molecule has 2 amide bonds. The molecule has 0 aliphatic rings. The molecule has 0 heterocycles. The number of aryl methyl sites for hydroxylation is 2. The highest BCUT2D eigenvalue weighted by Crippen LogP contribution is 2.15. The first-order valence-corrected chi connectivity index (χ1v) is 10.4. The van der Waals surface area contributed by atoms with Crippen molar-refractivity contribution in [1.82, 2.24) is 15.2 Å². The average Bonchev–Trinajstić information content (AvgIpc) is 2.71. The van der Waals surface area contributed by atoms with Crippen molar-refractivity contribution in [2.24, 2.45) is 0 Å². The van der Waals surface area contributed by atoms with Gasteiger partial charge in [0.15, 0.2) is 0 Å². The summed E-state index contributed by atoms with van der Waals surface area (Å²) in [7, 11) is -0.923. The number of sulfonamides is 1. The van der Waals surface area contributed by atoms with Crippen molar-refractivity contribution in [3.8, 4) is 5.75 Å². The Bertz CT molecular complexity index is 958. The van der Waals surface area contributed by atoms with Crippen LogP contribution < -0.4 is 15.6 Å². The van der Waals surface area contributed by atoms with Gasteiger partial charge < -0.3 is 4.74 Å². The van der Waals surface area contributed by atoms with Crippen molar-refractivity contribution >= 4 is 21.8 Å². The molecule has 0 spiro atoms. The summed E-state index contributed by atoms with van der Waals surface area (Å²) < 4.78 is 31.0. The van der Waals surface area contributed by atoms with Crippen molar-refractivity contribution in [2.75, 3.05) is 20.7 Å². The van der Waals surface area contributed by atoms with Gasteiger partial charge in [-0.1, -0.05) is 29.8 Å². The largest absolute Gasteiger partial charge is 0.497 e. The molecule has 156 valence electrons. The number of nitrogens with one attached hydrogen (secondary N) is 2. The third-order valence-corrected chi connectivity index (χ3v) is 6.03. The molecule has 2 aromatic rings. The first-order valence-electron chi connectivity index (χ1n) is 8.96. The molecule has 0 saturated heterocycles. The molecule has 0 fully saturated rings. The molecule has 0 atom stereocenters. The smallest absolute Gasteiger partial charge is 0.253 e. The van der Waals surface area contributed by atoms with Crippen molar-refractivity contribution in [3.05, 3.63) is 59.7 Å². The van der Waals surface area contributed by atoms with Gasteiger partial charge in [0.1, 0.15) is 5.75 Å². The van der Waals surface area contributed by atoms with Gasteiger partial charge in [0.2, 0.25) is 15.9 Å². The van der Waals surface area contributed by atoms with E-state index in [0.717, 1.165) is 15.4 Å². The number of hydrazine groups is 1. The third-order valence-electron chi connectivity index (χ3n) is 4.21. The fraction of sp³-hybridized carbons (Fsp3) is 0.300. The minimum absolute atomic E-state index is 0.0979. The van der Waals surface area contributed by atoms with Crippen LogP contribution in [0.15, 0.2) is 53.4 Å². The monoisotopic (exact) mass is 419 g/mol. The lowest BCUT2D eigenvalue weighted by atomic mass is 10.1. The predicted octanol–water partition coefficient (Wildman–Crippen LogP) is 1.40. The Hall–Kier alpha value is -2.91. The van der Waals surface area contributed by atoms with E-state index in [0.29, 0.717) is 12.2 Å². The Kier molecular flexibility index (Phi) is 7.74. The quantitative estimate of drug-likeness (QED) is 0.630. The molecule has 8 nitrogen and oxygen atoms in total. The van der Waals surface area contributed by atoms with E-state index in [1.54, 1.807) is 19.2 Å². The molecule has 0 radical (unpaired) electrons. The second-order valence-corrected chi connectivity index (χ2v) is 8.57. The lowest BCUT2D eigenvalue weighted by molar-refractivity contribution is -0.128. The van der Waals surface area contributed by atoms with Gasteiger partial charge in [0.25, 0.3) is 5.91 Å². The van der Waals surface area contributed by atoms with Gasteiger partial charge in [-0.05, 0) is 43.2 Å². The number of carbonyl (C=O) groups excluding carboxylic acids is 2. The first-order chi connectivity index (χ1) is 13.7. The van der Waals surface area contributed by atoms with E-state index in [9.17, 15) is 18.0 Å². The van der Waals surface area contributed by atoms with Gasteiger partial charge in [-0.25, -0.2) is 8.42 Å². The molecule has 0 aromatic heterocycles. The summed E-state index contributed by atoms with van der Waals surface area (Å²) in [4.78, 5) is 24.0. The molecule has 29 heavy (non-hydrogen) atoms. The van der Waals surface area contributed by atoms with Crippen LogP contribution in [-0.4, -0.2) is 45.2 Å². The molecule has 2 aromatic carbocycles. The van der Waals surface area contributed by atoms with E-state index in [2.05, 4.69) is 10.9 Å². The number of hydrogen-bond donors (Lipinski definition) is 2. The van der Waals surface area contributed by atoms with Gasteiger partial charge >= 0.3 is 0 Å². The molecule has 2 N–H and O–H groups in total. The zero-order valence-corrected chi connectivity index (χ0v) is 17.5. The topological polar surface area (TPSA) is 105 Å². The molecule has 0 aliphatic carbocycles. The Labute approximate surface area is 170 Å². The maximum absolute atomic E-state index is 12.5. The number of methoxy groups -OCH3 is 1. The van der Waals surface area contributed by atoms with Crippen molar-refractivity contribution in [1.29, 1.82) is 0 Å². The van der Waals surface area contributed by atoms with Gasteiger partial charge in [-0.15, -0.1) is 0 Å². The standard InChI is InChI=1S/C20H25N3O5S/c1-15-7-10-18(11-8-15)29(26,27)23(2)14-20(25)22-21-19(24)12-9-16-5-4-6-17(13-16)28-3/h4-8,10-11,13H,9,12,14H2,1-3H3,(H,21,24)(H,22,25). The Morgan fingerprint density at radius 1 is 1.03 bits per heavy atom. The summed E-state index contributed by atoms with van der Waals surface area (Å²) in [5.74, 6) is -0.322. The number of amides is 2. The van der Waals surface area contributed by atoms with Gasteiger partial charge in [-0.3, -0.25) is 20.4 Å². The lowest BCUT2D eigenvalue weighted by Crippen LogP contribution is -2.46. The van der Waals surface area contributed by atoms with Crippen LogP contribution in [0.2, 0.25) is 0 Å². The van der Waals surface area contributed by atoms with Crippen molar-refractivity contribution < 1.29 is 22.7 Å². The van der Waals surface area contributed by atoms with E-state index in [-0.39, 0.29) is 17.2 Å². The Morgan fingerprint density at radius 3 is 2.34 bits per heavy atom. The number of benzene rings is 2. The van der Waals surface area contributed by atoms with Crippen LogP contribution in [0.25, 0.3) is 0 Å². The first kappa shape index (κ1) is 22.4. The fourth-order valence-electron chi connectivity index (χ4n) is 2.50. The SMILES string of the molecule is COc1cccc(CCC(=O)NNC(=O)CN(C)S(=O)(=O)c2ccc(C)cc2)c1. The molecule has 0 saturated carbocycles. The number of rotatable bonds is 8. The average molecular weight is 420 g/mol. The summed E-state index contributed by atoms with van der Waals surface area (Å²) in [5, 5.41) is 0. The van der Waals surface area contributed by atoms with Crippen LogP contribution in [0.3, 0.4) is 0 Å². The Morgan fingerprint density at radius 2 is 1.69 bits per heavy atom. The highest BCUT2D eigenvalue weighted by Gasteiger charge is 2.22. The van der Waals surface area contributed by atoms with Crippen molar-refractivity contribution in [2.45, 2.75) is 24.7 Å². The molecule has 0 aliphatic heterocycles. The summed E-state index contributed by atoms with van der Waals surface area (Å²) in [6.07, 6.45) is 0.631. The van der Waals surface area contributed by atoms with E-state index >= 15 is 0 Å². The summed E-state index contributed by atoms with van der Waals surface area (Å²) in [5.41, 5.74) is 6.39. The van der Waals surface area contributed by atoms with E-state index in [1.165, 1.54) is 19.2 Å². The maximum atomic E-state index is 12.5. The molecule has 9 heteroatoms. The zero-order chi connectivity index (χ0) is 21.4. The van der Waals surface area contributed by atoms with Gasteiger partial charge in [0, 0.05) is 13.5 Å². The van der Waals surface area contributed by atoms with Crippen LogP contribution >= 0.6 is 0 Å². The second-order valence-electron chi connectivity index (χ2n) is 6.52. The number of likely N-dealkylation sites (N-methyl/N-ethyl adjacent to an activating group) is 1. The number of hydrogen-bond acceptors (Lipinski definition) is 5. The van der Waals surface area contributed by atoms with E-state index in [1.807, 2.05) is 31.2 Å². The normalized spacial score (nSPS) is 11.2. The third kappa shape index (κ3) is 6.58. The predicted molar refractivity (Wildman–Crippen MR) is 109 cm³/mol. The summed E-state index contributed by atoms with van der Waals surface area (Å²) in [6, 6.07) is 13.7. The molecule has 2 rings (SSSR count). The number of carbonyl (C=O) groups is 2. The van der Waals surface area contributed by atoms with Crippen LogP contribution in [0.5, 0.6) is 5.75 Å². The molecule has 0 unspecified atom stereocenters. The van der Waals surface area contributed by atoms with E-state index in [4.69, 9.17) is 4.74 Å². The van der Waals surface area contributed by atoms with Crippen LogP contribution in [0.1, 0.15) is 17.5 Å². The highest BCUT2D eigenvalue weighted by molar-refractivity contribution is 7.89. The number of nitrogens with zero attached hydrogens (tertiary/aromatic N) is 1. The Balaban J connectivity index is 1.80. The van der Waals surface area contributed by atoms with Crippen LogP contribution in [0.4, 0.5) is 0 Å². The molecular weight excluding hydrogens is 394 g/mol.